The highest BCUT2D eigenvalue weighted by molar-refractivity contribution is 5.85. The molecule has 0 bridgehead atoms. The van der Waals surface area contributed by atoms with Gasteiger partial charge >= 0.3 is 0 Å². The topological polar surface area (TPSA) is 45.7 Å². The largest absolute Gasteiger partial charge is 0.378 e. The van der Waals surface area contributed by atoms with E-state index in [2.05, 4.69) is 22.9 Å². The van der Waals surface area contributed by atoms with Crippen molar-refractivity contribution in [3.05, 3.63) is 23.9 Å². The summed E-state index contributed by atoms with van der Waals surface area (Å²) in [5.41, 5.74) is 1.18. The first kappa shape index (κ1) is 13.4. The van der Waals surface area contributed by atoms with Gasteiger partial charge in [0.25, 0.3) is 0 Å². The van der Waals surface area contributed by atoms with E-state index in [9.17, 15) is 4.79 Å². The molecule has 2 aliphatic heterocycles. The third-order valence-corrected chi connectivity index (χ3v) is 4.06. The standard InChI is InChI=1S/C15H21N3O2/c1-12-4-5-16-14(11-12)18-6-2-3-13(18)15(19)17-7-9-20-10-8-17/h4-5,11,13H,2-3,6-10H2,1H3. The molecule has 2 fully saturated rings. The van der Waals surface area contributed by atoms with Gasteiger partial charge in [0.1, 0.15) is 11.9 Å². The molecule has 1 atom stereocenters. The van der Waals surface area contributed by atoms with E-state index in [0.717, 1.165) is 25.2 Å². The number of carbonyl (C=O) groups excluding carboxylic acids is 1. The highest BCUT2D eigenvalue weighted by Crippen LogP contribution is 2.25. The zero-order valence-corrected chi connectivity index (χ0v) is 11.9. The lowest BCUT2D eigenvalue weighted by Crippen LogP contribution is -2.50. The average Bonchev–Trinajstić information content (AvgIpc) is 2.97. The van der Waals surface area contributed by atoms with E-state index < -0.39 is 0 Å². The molecule has 1 aromatic heterocycles. The summed E-state index contributed by atoms with van der Waals surface area (Å²) < 4.78 is 5.32. The molecule has 0 aromatic carbocycles. The molecule has 20 heavy (non-hydrogen) atoms. The fraction of sp³-hybridized carbons (Fsp3) is 0.600. The van der Waals surface area contributed by atoms with Crippen molar-refractivity contribution in [2.45, 2.75) is 25.8 Å². The van der Waals surface area contributed by atoms with Crippen molar-refractivity contribution in [3.8, 4) is 0 Å². The summed E-state index contributed by atoms with van der Waals surface area (Å²) in [5, 5.41) is 0. The lowest BCUT2D eigenvalue weighted by Gasteiger charge is -2.33. The van der Waals surface area contributed by atoms with E-state index in [-0.39, 0.29) is 11.9 Å². The maximum absolute atomic E-state index is 12.7. The molecule has 1 amide bonds. The Labute approximate surface area is 119 Å². The van der Waals surface area contributed by atoms with Crippen LogP contribution in [0.2, 0.25) is 0 Å². The van der Waals surface area contributed by atoms with Gasteiger partial charge in [-0.15, -0.1) is 0 Å². The second-order valence-corrected chi connectivity index (χ2v) is 5.48. The molecule has 1 aromatic rings. The summed E-state index contributed by atoms with van der Waals surface area (Å²) in [6.45, 7) is 5.70. The minimum Gasteiger partial charge on any atom is -0.378 e. The predicted octanol–water partition coefficient (Wildman–Crippen LogP) is 1.22. The highest BCUT2D eigenvalue weighted by Gasteiger charge is 2.34. The van der Waals surface area contributed by atoms with Crippen LogP contribution in [0.4, 0.5) is 5.82 Å². The van der Waals surface area contributed by atoms with Gasteiger partial charge in [-0.3, -0.25) is 4.79 Å². The van der Waals surface area contributed by atoms with Gasteiger partial charge < -0.3 is 14.5 Å². The molecule has 0 N–H and O–H groups in total. The van der Waals surface area contributed by atoms with Gasteiger partial charge in [-0.25, -0.2) is 4.98 Å². The maximum atomic E-state index is 12.7. The molecule has 0 spiro atoms. The molecule has 2 saturated heterocycles. The number of amides is 1. The number of hydrogen-bond acceptors (Lipinski definition) is 4. The third kappa shape index (κ3) is 2.63. The van der Waals surface area contributed by atoms with E-state index in [1.807, 2.05) is 17.2 Å². The average molecular weight is 275 g/mol. The van der Waals surface area contributed by atoms with Crippen molar-refractivity contribution in [2.24, 2.45) is 0 Å². The quantitative estimate of drug-likeness (QED) is 0.814. The first-order valence-corrected chi connectivity index (χ1v) is 7.31. The summed E-state index contributed by atoms with van der Waals surface area (Å²) in [7, 11) is 0. The maximum Gasteiger partial charge on any atom is 0.245 e. The summed E-state index contributed by atoms with van der Waals surface area (Å²) in [6, 6.07) is 3.99. The van der Waals surface area contributed by atoms with Crippen LogP contribution in [0.1, 0.15) is 18.4 Å². The Morgan fingerprint density at radius 1 is 1.35 bits per heavy atom. The van der Waals surface area contributed by atoms with Crippen LogP contribution in [-0.2, 0) is 9.53 Å². The van der Waals surface area contributed by atoms with Crippen LogP contribution >= 0.6 is 0 Å². The molecular formula is C15H21N3O2. The van der Waals surface area contributed by atoms with Gasteiger partial charge in [0.15, 0.2) is 0 Å². The number of aromatic nitrogens is 1. The van der Waals surface area contributed by atoms with Crippen molar-refractivity contribution in [1.82, 2.24) is 9.88 Å². The fourth-order valence-electron chi connectivity index (χ4n) is 2.97. The number of nitrogens with zero attached hydrogens (tertiary/aromatic N) is 3. The number of hydrogen-bond donors (Lipinski definition) is 0. The van der Waals surface area contributed by atoms with E-state index >= 15 is 0 Å². The van der Waals surface area contributed by atoms with Crippen LogP contribution < -0.4 is 4.90 Å². The number of anilines is 1. The summed E-state index contributed by atoms with van der Waals surface area (Å²) in [4.78, 5) is 21.2. The Morgan fingerprint density at radius 3 is 2.90 bits per heavy atom. The zero-order chi connectivity index (χ0) is 13.9. The second-order valence-electron chi connectivity index (χ2n) is 5.48. The number of ether oxygens (including phenoxy) is 1. The van der Waals surface area contributed by atoms with Crippen molar-refractivity contribution in [2.75, 3.05) is 37.7 Å². The molecule has 3 heterocycles. The Bertz CT molecular complexity index is 486. The number of carbonyl (C=O) groups is 1. The van der Waals surface area contributed by atoms with Crippen LogP contribution in [0.15, 0.2) is 18.3 Å². The van der Waals surface area contributed by atoms with Crippen LogP contribution in [-0.4, -0.2) is 54.7 Å². The van der Waals surface area contributed by atoms with E-state index in [1.165, 1.54) is 5.56 Å². The van der Waals surface area contributed by atoms with Crippen molar-refractivity contribution >= 4 is 11.7 Å². The van der Waals surface area contributed by atoms with E-state index in [4.69, 9.17) is 4.74 Å². The lowest BCUT2D eigenvalue weighted by atomic mass is 10.1. The molecular weight excluding hydrogens is 254 g/mol. The molecule has 1 unspecified atom stereocenters. The van der Waals surface area contributed by atoms with E-state index in [0.29, 0.717) is 26.3 Å². The Hall–Kier alpha value is -1.62. The minimum atomic E-state index is -0.0533. The number of aryl methyl sites for hydroxylation is 1. The highest BCUT2D eigenvalue weighted by atomic mass is 16.5. The summed E-state index contributed by atoms with van der Waals surface area (Å²) in [6.07, 6.45) is 3.79. The first-order valence-electron chi connectivity index (χ1n) is 7.31. The predicted molar refractivity (Wildman–Crippen MR) is 76.7 cm³/mol. The number of pyridine rings is 1. The van der Waals surface area contributed by atoms with Crippen molar-refractivity contribution in [1.29, 1.82) is 0 Å². The van der Waals surface area contributed by atoms with Crippen molar-refractivity contribution in [3.63, 3.8) is 0 Å². The summed E-state index contributed by atoms with van der Waals surface area (Å²) >= 11 is 0. The molecule has 0 saturated carbocycles. The summed E-state index contributed by atoms with van der Waals surface area (Å²) in [5.74, 6) is 1.16. The van der Waals surface area contributed by atoms with Crippen LogP contribution in [0, 0.1) is 6.92 Å². The van der Waals surface area contributed by atoms with Gasteiger partial charge in [0.05, 0.1) is 13.2 Å². The zero-order valence-electron chi connectivity index (χ0n) is 11.9. The molecule has 5 nitrogen and oxygen atoms in total. The molecule has 3 rings (SSSR count). The molecule has 2 aliphatic rings. The van der Waals surface area contributed by atoms with Gasteiger partial charge in [-0.05, 0) is 37.5 Å². The molecule has 108 valence electrons. The smallest absolute Gasteiger partial charge is 0.245 e. The van der Waals surface area contributed by atoms with Crippen LogP contribution in [0.5, 0.6) is 0 Å². The Morgan fingerprint density at radius 2 is 2.15 bits per heavy atom. The van der Waals surface area contributed by atoms with Crippen LogP contribution in [0.25, 0.3) is 0 Å². The Balaban J connectivity index is 1.76. The first-order chi connectivity index (χ1) is 9.75. The third-order valence-electron chi connectivity index (χ3n) is 4.06. The number of rotatable bonds is 2. The normalized spacial score (nSPS) is 23.1. The number of morpholine rings is 1. The SMILES string of the molecule is Cc1ccnc(N2CCCC2C(=O)N2CCOCC2)c1. The molecule has 0 aliphatic carbocycles. The lowest BCUT2D eigenvalue weighted by molar-refractivity contribution is -0.136. The van der Waals surface area contributed by atoms with Crippen molar-refractivity contribution < 1.29 is 9.53 Å². The van der Waals surface area contributed by atoms with Gasteiger partial charge in [0.2, 0.25) is 5.91 Å². The van der Waals surface area contributed by atoms with Gasteiger partial charge in [-0.1, -0.05) is 0 Å². The Kier molecular flexibility index (Phi) is 3.87. The van der Waals surface area contributed by atoms with E-state index in [1.54, 1.807) is 0 Å². The van der Waals surface area contributed by atoms with Gasteiger partial charge in [-0.2, -0.15) is 0 Å². The fourth-order valence-corrected chi connectivity index (χ4v) is 2.97. The van der Waals surface area contributed by atoms with Gasteiger partial charge in [0, 0.05) is 25.8 Å². The molecule has 5 heteroatoms. The van der Waals surface area contributed by atoms with Crippen LogP contribution in [0.3, 0.4) is 0 Å². The minimum absolute atomic E-state index is 0.0533. The monoisotopic (exact) mass is 275 g/mol. The molecule has 0 radical (unpaired) electrons. The second kappa shape index (κ2) is 5.79.